The second-order valence-corrected chi connectivity index (χ2v) is 10.6. The summed E-state index contributed by atoms with van der Waals surface area (Å²) < 4.78 is 8.05. The molecule has 7 nitrogen and oxygen atoms in total. The number of nitrogens with one attached hydrogen (secondary N) is 1. The molecule has 198 valence electrons. The largest absolute Gasteiger partial charge is 0.492 e. The molecule has 5 rings (SSSR count). The van der Waals surface area contributed by atoms with Gasteiger partial charge in [0.1, 0.15) is 17.9 Å². The maximum Gasteiger partial charge on any atom is 0.331 e. The van der Waals surface area contributed by atoms with E-state index in [4.69, 9.17) is 4.74 Å². The molecule has 1 aliphatic rings. The van der Waals surface area contributed by atoms with E-state index in [2.05, 4.69) is 38.2 Å². The number of carbonyl (C=O) groups is 3. The average molecular weight is 522 g/mol. The van der Waals surface area contributed by atoms with E-state index in [-0.39, 0.29) is 17.5 Å². The van der Waals surface area contributed by atoms with Crippen LogP contribution in [0.4, 0.5) is 4.79 Å². The molecule has 0 spiro atoms. The van der Waals surface area contributed by atoms with Crippen molar-refractivity contribution in [3.63, 3.8) is 0 Å². The van der Waals surface area contributed by atoms with Crippen LogP contribution in [0.2, 0.25) is 0 Å². The molecule has 1 aromatic heterocycles. The third kappa shape index (κ3) is 5.62. The van der Waals surface area contributed by atoms with E-state index in [0.29, 0.717) is 18.7 Å². The molecule has 4 aromatic rings. The molecule has 2 heterocycles. The highest BCUT2D eigenvalue weighted by Gasteiger charge is 2.35. The summed E-state index contributed by atoms with van der Waals surface area (Å²) in [5.74, 6) is -0.519. The van der Waals surface area contributed by atoms with Crippen molar-refractivity contribution < 1.29 is 19.1 Å². The van der Waals surface area contributed by atoms with Gasteiger partial charge >= 0.3 is 6.03 Å². The number of benzene rings is 3. The SMILES string of the molecule is CC(C)(C)c1ccc(OCCn2cc(/C=C3\C(=O)NC(=O)N(Cc4ccccc4)C3=O)c3ccccc32)cc1. The highest BCUT2D eigenvalue weighted by Crippen LogP contribution is 2.27. The minimum Gasteiger partial charge on any atom is -0.492 e. The van der Waals surface area contributed by atoms with Crippen LogP contribution in [0.25, 0.3) is 17.0 Å². The van der Waals surface area contributed by atoms with Crippen LogP contribution < -0.4 is 10.1 Å². The van der Waals surface area contributed by atoms with Gasteiger partial charge in [-0.25, -0.2) is 4.79 Å². The zero-order valence-corrected chi connectivity index (χ0v) is 22.3. The zero-order chi connectivity index (χ0) is 27.6. The highest BCUT2D eigenvalue weighted by atomic mass is 16.5. The Morgan fingerprint density at radius 2 is 1.56 bits per heavy atom. The van der Waals surface area contributed by atoms with Crippen molar-refractivity contribution in [2.75, 3.05) is 6.61 Å². The molecular weight excluding hydrogens is 490 g/mol. The molecule has 1 aliphatic heterocycles. The predicted octanol–water partition coefficient (Wildman–Crippen LogP) is 5.68. The topological polar surface area (TPSA) is 80.6 Å². The van der Waals surface area contributed by atoms with Crippen molar-refractivity contribution in [1.82, 2.24) is 14.8 Å². The number of fused-ring (bicyclic) bond motifs is 1. The molecule has 1 N–H and O–H groups in total. The predicted molar refractivity (Wildman–Crippen MR) is 151 cm³/mol. The molecule has 4 amide bonds. The van der Waals surface area contributed by atoms with Crippen LogP contribution in [0.1, 0.15) is 37.5 Å². The van der Waals surface area contributed by atoms with E-state index in [1.165, 1.54) is 5.56 Å². The lowest BCUT2D eigenvalue weighted by Gasteiger charge is -2.26. The number of para-hydroxylation sites is 1. The fourth-order valence-electron chi connectivity index (χ4n) is 4.65. The Labute approximate surface area is 227 Å². The minimum atomic E-state index is -0.721. The summed E-state index contributed by atoms with van der Waals surface area (Å²) in [5, 5.41) is 3.20. The van der Waals surface area contributed by atoms with Gasteiger partial charge in [0.2, 0.25) is 0 Å². The number of hydrogen-bond acceptors (Lipinski definition) is 4. The highest BCUT2D eigenvalue weighted by molar-refractivity contribution is 6.31. The van der Waals surface area contributed by atoms with Gasteiger partial charge < -0.3 is 9.30 Å². The first-order chi connectivity index (χ1) is 18.7. The van der Waals surface area contributed by atoms with Crippen LogP contribution in [-0.2, 0) is 28.1 Å². The number of aromatic nitrogens is 1. The monoisotopic (exact) mass is 521 g/mol. The Kier molecular flexibility index (Phi) is 7.07. The summed E-state index contributed by atoms with van der Waals surface area (Å²) >= 11 is 0. The van der Waals surface area contributed by atoms with Crippen LogP contribution in [-0.4, -0.2) is 33.9 Å². The molecule has 0 unspecified atom stereocenters. The van der Waals surface area contributed by atoms with Gasteiger partial charge in [-0.2, -0.15) is 0 Å². The normalized spacial score (nSPS) is 15.2. The third-order valence-electron chi connectivity index (χ3n) is 6.81. The maximum atomic E-state index is 13.3. The Hall–Kier alpha value is -4.65. The molecule has 0 aliphatic carbocycles. The number of hydrogen-bond donors (Lipinski definition) is 1. The van der Waals surface area contributed by atoms with Crippen LogP contribution in [0.3, 0.4) is 0 Å². The fraction of sp³-hybridized carbons (Fsp3) is 0.219. The van der Waals surface area contributed by atoms with E-state index in [1.54, 1.807) is 6.08 Å². The molecule has 0 bridgehead atoms. The van der Waals surface area contributed by atoms with Crippen LogP contribution in [0, 0.1) is 0 Å². The van der Waals surface area contributed by atoms with Crippen molar-refractivity contribution in [2.24, 2.45) is 0 Å². The van der Waals surface area contributed by atoms with Gasteiger partial charge in [0, 0.05) is 22.7 Å². The Morgan fingerprint density at radius 3 is 2.28 bits per heavy atom. The lowest BCUT2D eigenvalue weighted by molar-refractivity contribution is -0.130. The summed E-state index contributed by atoms with van der Waals surface area (Å²) in [7, 11) is 0. The summed E-state index contributed by atoms with van der Waals surface area (Å²) in [6.07, 6.45) is 3.47. The first-order valence-corrected chi connectivity index (χ1v) is 12.9. The number of urea groups is 1. The second-order valence-electron chi connectivity index (χ2n) is 10.6. The number of amides is 4. The summed E-state index contributed by atoms with van der Waals surface area (Å²) in [5.41, 5.74) is 3.71. The maximum absolute atomic E-state index is 13.3. The number of carbonyl (C=O) groups excluding carboxylic acids is 3. The van der Waals surface area contributed by atoms with Crippen molar-refractivity contribution in [1.29, 1.82) is 0 Å². The molecule has 0 saturated carbocycles. The van der Waals surface area contributed by atoms with Crippen LogP contribution in [0.5, 0.6) is 5.75 Å². The van der Waals surface area contributed by atoms with Gasteiger partial charge in [-0.1, -0.05) is 81.4 Å². The first kappa shape index (κ1) is 26.0. The molecular formula is C32H31N3O4. The van der Waals surface area contributed by atoms with Gasteiger partial charge in [-0.3, -0.25) is 19.8 Å². The molecule has 39 heavy (non-hydrogen) atoms. The van der Waals surface area contributed by atoms with Gasteiger partial charge in [-0.05, 0) is 40.8 Å². The van der Waals surface area contributed by atoms with Gasteiger partial charge in [0.05, 0.1) is 13.1 Å². The summed E-state index contributed by atoms with van der Waals surface area (Å²) in [4.78, 5) is 39.5. The van der Waals surface area contributed by atoms with E-state index in [9.17, 15) is 14.4 Å². The molecule has 0 atom stereocenters. The van der Waals surface area contributed by atoms with Crippen molar-refractivity contribution >= 4 is 34.8 Å². The van der Waals surface area contributed by atoms with Gasteiger partial charge in [0.25, 0.3) is 11.8 Å². The number of imide groups is 2. The lowest BCUT2D eigenvalue weighted by Crippen LogP contribution is -2.53. The molecule has 3 aromatic carbocycles. The summed E-state index contributed by atoms with van der Waals surface area (Å²) in [6.45, 7) is 7.63. The molecule has 1 fully saturated rings. The van der Waals surface area contributed by atoms with Crippen molar-refractivity contribution in [3.8, 4) is 5.75 Å². The van der Waals surface area contributed by atoms with E-state index >= 15 is 0 Å². The number of nitrogens with zero attached hydrogens (tertiary/aromatic N) is 2. The van der Waals surface area contributed by atoms with E-state index < -0.39 is 17.8 Å². The Balaban J connectivity index is 1.36. The quantitative estimate of drug-likeness (QED) is 0.251. The van der Waals surface area contributed by atoms with Crippen LogP contribution >= 0.6 is 0 Å². The van der Waals surface area contributed by atoms with Crippen LogP contribution in [0.15, 0.2) is 90.6 Å². The molecule has 7 heteroatoms. The number of barbiturate groups is 1. The molecule has 1 saturated heterocycles. The smallest absolute Gasteiger partial charge is 0.331 e. The Morgan fingerprint density at radius 1 is 0.872 bits per heavy atom. The zero-order valence-electron chi connectivity index (χ0n) is 22.3. The lowest BCUT2D eigenvalue weighted by atomic mass is 9.87. The standard InChI is InChI=1S/C32H31N3O4/c1-32(2,3)24-13-15-25(16-14-24)39-18-17-34-21-23(26-11-7-8-12-28(26)34)19-27-29(36)33-31(38)35(30(27)37)20-22-9-5-4-6-10-22/h4-16,19,21H,17-18,20H2,1-3H3,(H,33,36,38)/b27-19+. The van der Waals surface area contributed by atoms with Gasteiger partial charge in [0.15, 0.2) is 0 Å². The molecule has 0 radical (unpaired) electrons. The fourth-order valence-corrected chi connectivity index (χ4v) is 4.65. The third-order valence-corrected chi connectivity index (χ3v) is 6.81. The second kappa shape index (κ2) is 10.6. The van der Waals surface area contributed by atoms with Crippen molar-refractivity contribution in [3.05, 3.63) is 107 Å². The van der Waals surface area contributed by atoms with Crippen molar-refractivity contribution in [2.45, 2.75) is 39.3 Å². The Bertz CT molecular complexity index is 1560. The van der Waals surface area contributed by atoms with Gasteiger partial charge in [-0.15, -0.1) is 0 Å². The number of ether oxygens (including phenoxy) is 1. The van der Waals surface area contributed by atoms with E-state index in [0.717, 1.165) is 27.1 Å². The average Bonchev–Trinajstić information content (AvgIpc) is 3.27. The number of rotatable bonds is 7. The van der Waals surface area contributed by atoms with E-state index in [1.807, 2.05) is 77.5 Å². The summed E-state index contributed by atoms with van der Waals surface area (Å²) in [6, 6.07) is 24.4. The first-order valence-electron chi connectivity index (χ1n) is 12.9. The minimum absolute atomic E-state index is 0.0754.